The molecule has 0 heterocycles. The molecule has 1 N–H and O–H groups in total. The summed E-state index contributed by atoms with van der Waals surface area (Å²) in [4.78, 5) is 0. The Morgan fingerprint density at radius 2 is 1.64 bits per heavy atom. The van der Waals surface area contributed by atoms with Crippen LogP contribution in [-0.2, 0) is 13.2 Å². The van der Waals surface area contributed by atoms with E-state index in [9.17, 15) is 0 Å². The molecule has 0 aromatic heterocycles. The first-order chi connectivity index (χ1) is 12.1. The lowest BCUT2D eigenvalue weighted by Gasteiger charge is -2.10. The summed E-state index contributed by atoms with van der Waals surface area (Å²) in [5.74, 6) is 0.844. The second kappa shape index (κ2) is 8.61. The lowest BCUT2D eigenvalue weighted by atomic mass is 10.2. The van der Waals surface area contributed by atoms with Crippen LogP contribution in [0.4, 0.5) is 5.69 Å². The Bertz CT molecular complexity index is 853. The minimum absolute atomic E-state index is 0.539. The van der Waals surface area contributed by atoms with Gasteiger partial charge in [0.15, 0.2) is 0 Å². The fraction of sp³-hybridized carbons (Fsp3) is 0.100. The summed E-state index contributed by atoms with van der Waals surface area (Å²) in [6.45, 7) is 1.21. The van der Waals surface area contributed by atoms with Crippen molar-refractivity contribution < 1.29 is 4.74 Å². The zero-order valence-corrected chi connectivity index (χ0v) is 16.4. The molecular formula is C20H16BrCl2NO. The van der Waals surface area contributed by atoms with Crippen LogP contribution in [0.5, 0.6) is 5.75 Å². The first-order valence-electron chi connectivity index (χ1n) is 7.75. The third kappa shape index (κ3) is 5.40. The lowest BCUT2D eigenvalue weighted by Crippen LogP contribution is -2.00. The van der Waals surface area contributed by atoms with Crippen molar-refractivity contribution in [3.63, 3.8) is 0 Å². The van der Waals surface area contributed by atoms with E-state index < -0.39 is 0 Å². The highest BCUT2D eigenvalue weighted by atomic mass is 79.9. The number of benzene rings is 3. The Morgan fingerprint density at radius 3 is 2.40 bits per heavy atom. The van der Waals surface area contributed by atoms with Crippen molar-refractivity contribution in [3.8, 4) is 5.75 Å². The quantitative estimate of drug-likeness (QED) is 0.451. The fourth-order valence-electron chi connectivity index (χ4n) is 2.30. The van der Waals surface area contributed by atoms with Gasteiger partial charge < -0.3 is 10.1 Å². The van der Waals surface area contributed by atoms with Crippen LogP contribution >= 0.6 is 39.1 Å². The standard InChI is InChI=1S/C20H16BrCl2NO/c21-16-6-4-14(5-7-16)13-25-18-3-1-2-15(10-18)12-24-17-8-9-19(22)20(23)11-17/h1-11,24H,12-13H2. The predicted molar refractivity (Wildman–Crippen MR) is 109 cm³/mol. The second-order valence-corrected chi connectivity index (χ2v) is 7.28. The van der Waals surface area contributed by atoms with Crippen molar-refractivity contribution in [2.75, 3.05) is 5.32 Å². The molecule has 3 rings (SSSR count). The predicted octanol–water partition coefficient (Wildman–Crippen LogP) is 6.95. The molecule has 0 amide bonds. The van der Waals surface area contributed by atoms with Crippen LogP contribution in [0.1, 0.15) is 11.1 Å². The lowest BCUT2D eigenvalue weighted by molar-refractivity contribution is 0.306. The number of anilines is 1. The third-order valence-corrected chi connectivity index (χ3v) is 4.90. The molecule has 0 fully saturated rings. The van der Waals surface area contributed by atoms with Gasteiger partial charge in [-0.3, -0.25) is 0 Å². The van der Waals surface area contributed by atoms with Crippen LogP contribution in [0.25, 0.3) is 0 Å². The Labute approximate surface area is 165 Å². The van der Waals surface area contributed by atoms with Crippen molar-refractivity contribution in [1.82, 2.24) is 0 Å². The van der Waals surface area contributed by atoms with Gasteiger partial charge in [-0.15, -0.1) is 0 Å². The van der Waals surface area contributed by atoms with Crippen LogP contribution in [0.15, 0.2) is 71.2 Å². The minimum Gasteiger partial charge on any atom is -0.489 e. The van der Waals surface area contributed by atoms with Crippen LogP contribution in [-0.4, -0.2) is 0 Å². The van der Waals surface area contributed by atoms with Crippen LogP contribution in [0.2, 0.25) is 10.0 Å². The summed E-state index contributed by atoms with van der Waals surface area (Å²) in [5, 5.41) is 4.42. The first-order valence-corrected chi connectivity index (χ1v) is 9.30. The highest BCUT2D eigenvalue weighted by Crippen LogP contribution is 2.25. The molecule has 25 heavy (non-hydrogen) atoms. The number of hydrogen-bond donors (Lipinski definition) is 1. The van der Waals surface area contributed by atoms with E-state index in [1.54, 1.807) is 6.07 Å². The fourth-order valence-corrected chi connectivity index (χ4v) is 2.87. The van der Waals surface area contributed by atoms with Crippen molar-refractivity contribution in [1.29, 1.82) is 0 Å². The summed E-state index contributed by atoms with van der Waals surface area (Å²) >= 11 is 15.4. The maximum atomic E-state index is 6.04. The zero-order chi connectivity index (χ0) is 17.6. The van der Waals surface area contributed by atoms with Crippen LogP contribution in [0.3, 0.4) is 0 Å². The molecule has 0 spiro atoms. The van der Waals surface area contributed by atoms with Crippen molar-refractivity contribution in [2.24, 2.45) is 0 Å². The van der Waals surface area contributed by atoms with Gasteiger partial charge in [0.2, 0.25) is 0 Å². The maximum Gasteiger partial charge on any atom is 0.120 e. The van der Waals surface area contributed by atoms with Gasteiger partial charge in [0, 0.05) is 16.7 Å². The topological polar surface area (TPSA) is 21.3 Å². The van der Waals surface area contributed by atoms with Gasteiger partial charge in [0.1, 0.15) is 12.4 Å². The number of ether oxygens (including phenoxy) is 1. The number of hydrogen-bond acceptors (Lipinski definition) is 2. The summed E-state index contributed by atoms with van der Waals surface area (Å²) in [5.41, 5.74) is 3.18. The molecular weight excluding hydrogens is 421 g/mol. The molecule has 0 bridgehead atoms. The molecule has 5 heteroatoms. The maximum absolute atomic E-state index is 6.04. The van der Waals surface area contributed by atoms with Crippen molar-refractivity contribution in [3.05, 3.63) is 92.4 Å². The molecule has 2 nitrogen and oxygen atoms in total. The Hall–Kier alpha value is -1.68. The molecule has 3 aromatic carbocycles. The van der Waals surface area contributed by atoms with Gasteiger partial charge >= 0.3 is 0 Å². The molecule has 0 radical (unpaired) electrons. The summed E-state index contributed by atoms with van der Waals surface area (Å²) in [6.07, 6.45) is 0. The Morgan fingerprint density at radius 1 is 0.840 bits per heavy atom. The molecule has 0 saturated carbocycles. The molecule has 3 aromatic rings. The van der Waals surface area contributed by atoms with Gasteiger partial charge in [-0.25, -0.2) is 0 Å². The highest BCUT2D eigenvalue weighted by Gasteiger charge is 2.02. The van der Waals surface area contributed by atoms with E-state index in [-0.39, 0.29) is 0 Å². The number of rotatable bonds is 6. The number of halogens is 3. The minimum atomic E-state index is 0.539. The highest BCUT2D eigenvalue weighted by molar-refractivity contribution is 9.10. The summed E-state index contributed by atoms with van der Waals surface area (Å²) < 4.78 is 6.94. The Kier molecular flexibility index (Phi) is 6.24. The van der Waals surface area contributed by atoms with Gasteiger partial charge in [0.05, 0.1) is 10.0 Å². The SMILES string of the molecule is Clc1ccc(NCc2cccc(OCc3ccc(Br)cc3)c2)cc1Cl. The van der Waals surface area contributed by atoms with Gasteiger partial charge in [-0.1, -0.05) is 63.4 Å². The smallest absolute Gasteiger partial charge is 0.120 e. The average Bonchev–Trinajstić information content (AvgIpc) is 2.63. The molecule has 0 aliphatic rings. The number of nitrogens with one attached hydrogen (secondary N) is 1. The van der Waals surface area contributed by atoms with E-state index in [0.717, 1.165) is 27.0 Å². The molecule has 0 aliphatic heterocycles. The van der Waals surface area contributed by atoms with E-state index >= 15 is 0 Å². The van der Waals surface area contributed by atoms with Gasteiger partial charge in [0.25, 0.3) is 0 Å². The largest absolute Gasteiger partial charge is 0.489 e. The molecule has 128 valence electrons. The third-order valence-electron chi connectivity index (χ3n) is 3.63. The van der Waals surface area contributed by atoms with Crippen molar-refractivity contribution in [2.45, 2.75) is 13.2 Å². The van der Waals surface area contributed by atoms with Gasteiger partial charge in [-0.05, 0) is 53.6 Å². The van der Waals surface area contributed by atoms with E-state index in [2.05, 4.69) is 27.3 Å². The second-order valence-electron chi connectivity index (χ2n) is 5.54. The van der Waals surface area contributed by atoms with Crippen molar-refractivity contribution >= 4 is 44.8 Å². The zero-order valence-electron chi connectivity index (χ0n) is 13.3. The average molecular weight is 437 g/mol. The monoisotopic (exact) mass is 435 g/mol. The Balaban J connectivity index is 1.59. The van der Waals surface area contributed by atoms with E-state index in [1.165, 1.54) is 0 Å². The van der Waals surface area contributed by atoms with E-state index in [0.29, 0.717) is 23.2 Å². The molecule has 0 aliphatic carbocycles. The summed E-state index contributed by atoms with van der Waals surface area (Å²) in [6, 6.07) is 21.6. The van der Waals surface area contributed by atoms with Gasteiger partial charge in [-0.2, -0.15) is 0 Å². The van der Waals surface area contributed by atoms with E-state index in [1.807, 2.05) is 54.6 Å². The first kappa shape index (κ1) is 18.1. The van der Waals surface area contributed by atoms with Crippen LogP contribution in [0, 0.1) is 0 Å². The summed E-state index contributed by atoms with van der Waals surface area (Å²) in [7, 11) is 0. The molecule has 0 saturated heterocycles. The normalized spacial score (nSPS) is 10.5. The van der Waals surface area contributed by atoms with Crippen LogP contribution < -0.4 is 10.1 Å². The van der Waals surface area contributed by atoms with E-state index in [4.69, 9.17) is 27.9 Å². The molecule has 0 atom stereocenters. The molecule has 0 unspecified atom stereocenters.